The van der Waals surface area contributed by atoms with Crippen LogP contribution in [-0.4, -0.2) is 10.5 Å². The molecule has 1 saturated carbocycles. The third kappa shape index (κ3) is 3.29. The van der Waals surface area contributed by atoms with Crippen molar-refractivity contribution in [3.05, 3.63) is 16.1 Å². The van der Waals surface area contributed by atoms with Gasteiger partial charge in [-0.15, -0.1) is 11.3 Å². The summed E-state index contributed by atoms with van der Waals surface area (Å²) in [7, 11) is 0. The van der Waals surface area contributed by atoms with Crippen molar-refractivity contribution < 1.29 is 0 Å². The minimum atomic E-state index is 0.0411. The van der Waals surface area contributed by atoms with Gasteiger partial charge in [0.05, 0.1) is 5.01 Å². The predicted octanol–water partition coefficient (Wildman–Crippen LogP) is 3.44. The summed E-state index contributed by atoms with van der Waals surface area (Å²) in [6.45, 7) is 2.06. The summed E-state index contributed by atoms with van der Waals surface area (Å²) >= 11 is 1.80. The van der Waals surface area contributed by atoms with Crippen LogP contribution in [0, 0.1) is 6.92 Å². The Hall–Kier alpha value is -0.410. The maximum atomic E-state index is 6.55. The Balaban J connectivity index is 1.99. The van der Waals surface area contributed by atoms with Gasteiger partial charge in [0.2, 0.25) is 0 Å². The van der Waals surface area contributed by atoms with Crippen molar-refractivity contribution in [1.29, 1.82) is 0 Å². The van der Waals surface area contributed by atoms with E-state index >= 15 is 0 Å². The molecule has 0 amide bonds. The van der Waals surface area contributed by atoms with Crippen LogP contribution < -0.4 is 5.73 Å². The highest BCUT2D eigenvalue weighted by Gasteiger charge is 2.26. The summed E-state index contributed by atoms with van der Waals surface area (Å²) in [5.41, 5.74) is 6.59. The first kappa shape index (κ1) is 12.1. The average Bonchev–Trinajstić information content (AvgIpc) is 2.59. The van der Waals surface area contributed by atoms with E-state index in [1.165, 1.54) is 49.8 Å². The Bertz CT molecular complexity index is 324. The van der Waals surface area contributed by atoms with Gasteiger partial charge in [-0.1, -0.05) is 32.1 Å². The summed E-state index contributed by atoms with van der Waals surface area (Å²) in [5, 5.41) is 1.16. The Kier molecular flexibility index (Phi) is 3.98. The molecule has 0 spiro atoms. The van der Waals surface area contributed by atoms with Crippen LogP contribution in [0.2, 0.25) is 0 Å². The Morgan fingerprint density at radius 1 is 1.25 bits per heavy atom. The molecular formula is C13H22N2S. The van der Waals surface area contributed by atoms with Crippen LogP contribution in [0.1, 0.15) is 54.8 Å². The zero-order chi connectivity index (χ0) is 11.4. The summed E-state index contributed by atoms with van der Waals surface area (Å²) in [5.74, 6) is 0. The monoisotopic (exact) mass is 238 g/mol. The van der Waals surface area contributed by atoms with Crippen molar-refractivity contribution in [2.45, 2.75) is 63.8 Å². The van der Waals surface area contributed by atoms with Crippen LogP contribution in [0.5, 0.6) is 0 Å². The van der Waals surface area contributed by atoms with E-state index in [4.69, 9.17) is 5.73 Å². The summed E-state index contributed by atoms with van der Waals surface area (Å²) < 4.78 is 0. The van der Waals surface area contributed by atoms with Gasteiger partial charge in [0, 0.05) is 23.0 Å². The van der Waals surface area contributed by atoms with Gasteiger partial charge in [-0.2, -0.15) is 0 Å². The van der Waals surface area contributed by atoms with Gasteiger partial charge in [0.15, 0.2) is 0 Å². The molecule has 1 aromatic heterocycles. The topological polar surface area (TPSA) is 38.9 Å². The molecule has 16 heavy (non-hydrogen) atoms. The summed E-state index contributed by atoms with van der Waals surface area (Å²) in [6, 6.07) is 0. The minimum Gasteiger partial charge on any atom is -0.325 e. The molecule has 0 aromatic carbocycles. The Labute approximate surface area is 102 Å². The number of thiazole rings is 1. The van der Waals surface area contributed by atoms with Crippen LogP contribution in [0.4, 0.5) is 0 Å². The molecule has 2 rings (SSSR count). The summed E-state index contributed by atoms with van der Waals surface area (Å²) in [6.07, 6.45) is 12.1. The first-order chi connectivity index (χ1) is 7.68. The van der Waals surface area contributed by atoms with E-state index < -0.39 is 0 Å². The fourth-order valence-electron chi connectivity index (χ4n) is 2.62. The number of nitrogens with zero attached hydrogens (tertiary/aromatic N) is 1. The molecule has 1 aliphatic carbocycles. The van der Waals surface area contributed by atoms with Gasteiger partial charge in [-0.05, 0) is 19.8 Å². The molecule has 0 unspecified atom stereocenters. The molecule has 2 nitrogen and oxygen atoms in total. The SMILES string of the molecule is Cc1ncc(CC2(N)CCCCCCC2)s1. The van der Waals surface area contributed by atoms with Gasteiger partial charge < -0.3 is 5.73 Å². The van der Waals surface area contributed by atoms with Crippen LogP contribution in [0.15, 0.2) is 6.20 Å². The molecule has 3 heteroatoms. The fourth-order valence-corrected chi connectivity index (χ4v) is 3.57. The Morgan fingerprint density at radius 2 is 1.88 bits per heavy atom. The van der Waals surface area contributed by atoms with E-state index in [1.807, 2.05) is 6.20 Å². The molecule has 1 fully saturated rings. The molecule has 1 aliphatic rings. The second kappa shape index (κ2) is 5.28. The number of aryl methyl sites for hydroxylation is 1. The van der Waals surface area contributed by atoms with Crippen LogP contribution in [0.25, 0.3) is 0 Å². The van der Waals surface area contributed by atoms with Gasteiger partial charge in [0.1, 0.15) is 0 Å². The molecule has 0 saturated heterocycles. The van der Waals surface area contributed by atoms with E-state index in [1.54, 1.807) is 11.3 Å². The van der Waals surface area contributed by atoms with Crippen molar-refractivity contribution in [3.63, 3.8) is 0 Å². The van der Waals surface area contributed by atoms with Crippen molar-refractivity contribution in [2.24, 2.45) is 5.73 Å². The lowest BCUT2D eigenvalue weighted by molar-refractivity contribution is 0.316. The van der Waals surface area contributed by atoms with Crippen molar-refractivity contribution >= 4 is 11.3 Å². The highest BCUT2D eigenvalue weighted by atomic mass is 32.1. The smallest absolute Gasteiger partial charge is 0.0896 e. The lowest BCUT2D eigenvalue weighted by Crippen LogP contribution is -2.42. The fraction of sp³-hybridized carbons (Fsp3) is 0.769. The molecule has 0 atom stereocenters. The second-order valence-electron chi connectivity index (χ2n) is 5.15. The largest absolute Gasteiger partial charge is 0.325 e. The minimum absolute atomic E-state index is 0.0411. The lowest BCUT2D eigenvalue weighted by atomic mass is 9.82. The molecule has 2 N–H and O–H groups in total. The maximum absolute atomic E-state index is 6.55. The maximum Gasteiger partial charge on any atom is 0.0896 e. The standard InChI is InChI=1S/C13H22N2S/c1-11-15-10-12(16-11)9-13(14)7-5-3-2-4-6-8-13/h10H,2-9,14H2,1H3. The van der Waals surface area contributed by atoms with E-state index in [0.29, 0.717) is 0 Å². The van der Waals surface area contributed by atoms with Gasteiger partial charge in [-0.3, -0.25) is 0 Å². The molecule has 1 aromatic rings. The van der Waals surface area contributed by atoms with Gasteiger partial charge in [-0.25, -0.2) is 4.98 Å². The number of nitrogens with two attached hydrogens (primary N) is 1. The normalized spacial score (nSPS) is 21.4. The number of hydrogen-bond donors (Lipinski definition) is 1. The zero-order valence-corrected chi connectivity index (χ0v) is 11.0. The molecular weight excluding hydrogens is 216 g/mol. The van der Waals surface area contributed by atoms with E-state index in [-0.39, 0.29) is 5.54 Å². The molecule has 90 valence electrons. The first-order valence-electron chi connectivity index (χ1n) is 6.38. The highest BCUT2D eigenvalue weighted by Crippen LogP contribution is 2.29. The Morgan fingerprint density at radius 3 is 2.44 bits per heavy atom. The second-order valence-corrected chi connectivity index (χ2v) is 6.47. The highest BCUT2D eigenvalue weighted by molar-refractivity contribution is 7.11. The third-order valence-corrected chi connectivity index (χ3v) is 4.46. The van der Waals surface area contributed by atoms with Gasteiger partial charge >= 0.3 is 0 Å². The predicted molar refractivity (Wildman–Crippen MR) is 69.8 cm³/mol. The van der Waals surface area contributed by atoms with E-state index in [9.17, 15) is 0 Å². The molecule has 1 heterocycles. The van der Waals surface area contributed by atoms with Crippen molar-refractivity contribution in [1.82, 2.24) is 4.98 Å². The van der Waals surface area contributed by atoms with E-state index in [0.717, 1.165) is 11.4 Å². The quantitative estimate of drug-likeness (QED) is 0.857. The van der Waals surface area contributed by atoms with Gasteiger partial charge in [0.25, 0.3) is 0 Å². The lowest BCUT2D eigenvalue weighted by Gasteiger charge is -2.31. The van der Waals surface area contributed by atoms with Crippen LogP contribution >= 0.6 is 11.3 Å². The third-order valence-electron chi connectivity index (χ3n) is 3.54. The van der Waals surface area contributed by atoms with Crippen LogP contribution in [0.3, 0.4) is 0 Å². The molecule has 0 radical (unpaired) electrons. The summed E-state index contributed by atoms with van der Waals surface area (Å²) in [4.78, 5) is 5.68. The van der Waals surface area contributed by atoms with Crippen LogP contribution in [-0.2, 0) is 6.42 Å². The molecule has 0 bridgehead atoms. The number of hydrogen-bond acceptors (Lipinski definition) is 3. The number of rotatable bonds is 2. The average molecular weight is 238 g/mol. The first-order valence-corrected chi connectivity index (χ1v) is 7.20. The van der Waals surface area contributed by atoms with Crippen molar-refractivity contribution in [2.75, 3.05) is 0 Å². The zero-order valence-electron chi connectivity index (χ0n) is 10.2. The van der Waals surface area contributed by atoms with E-state index in [2.05, 4.69) is 11.9 Å². The van der Waals surface area contributed by atoms with Crippen molar-refractivity contribution in [3.8, 4) is 0 Å². The molecule has 0 aliphatic heterocycles. The number of aromatic nitrogens is 1.